The van der Waals surface area contributed by atoms with E-state index in [1.165, 1.54) is 18.5 Å². The van der Waals surface area contributed by atoms with E-state index in [4.69, 9.17) is 11.6 Å². The molecule has 3 aromatic heterocycles. The van der Waals surface area contributed by atoms with Gasteiger partial charge in [-0.1, -0.05) is 17.7 Å². The number of anilines is 1. The van der Waals surface area contributed by atoms with Crippen molar-refractivity contribution >= 4 is 34.4 Å². The van der Waals surface area contributed by atoms with Crippen molar-refractivity contribution in [3.63, 3.8) is 0 Å². The van der Waals surface area contributed by atoms with Crippen LogP contribution in [0.3, 0.4) is 0 Å². The molecule has 1 aromatic carbocycles. The molecule has 0 saturated carbocycles. The number of nitrogens with zero attached hydrogens (tertiary/aromatic N) is 5. The average Bonchev–Trinajstić information content (AvgIpc) is 3.08. The maximum absolute atomic E-state index is 13.3. The van der Waals surface area contributed by atoms with Crippen LogP contribution in [0.4, 0.5) is 10.2 Å². The molecule has 3 heterocycles. The first-order valence-corrected chi connectivity index (χ1v) is 9.43. The molecule has 0 aliphatic carbocycles. The second-order valence-electron chi connectivity index (χ2n) is 6.53. The first kappa shape index (κ1) is 19.7. The van der Waals surface area contributed by atoms with Gasteiger partial charge in [0.05, 0.1) is 5.02 Å². The van der Waals surface area contributed by atoms with Gasteiger partial charge in [-0.15, -0.1) is 0 Å². The number of aromatic nitrogens is 5. The van der Waals surface area contributed by atoms with Gasteiger partial charge in [0.1, 0.15) is 23.2 Å². The topological polar surface area (TPSA) is 97.6 Å². The number of aryl methyl sites for hydroxylation is 1. The fraction of sp³-hybridized carbons (Fsp3) is 0.150. The van der Waals surface area contributed by atoms with Gasteiger partial charge in [0.25, 0.3) is 5.91 Å². The zero-order valence-corrected chi connectivity index (χ0v) is 16.7. The van der Waals surface area contributed by atoms with E-state index in [0.29, 0.717) is 29.0 Å². The lowest BCUT2D eigenvalue weighted by atomic mass is 10.2. The number of benzene rings is 1. The van der Waals surface area contributed by atoms with Gasteiger partial charge in [-0.05, 0) is 35.4 Å². The van der Waals surface area contributed by atoms with E-state index in [2.05, 4.69) is 30.7 Å². The van der Waals surface area contributed by atoms with Gasteiger partial charge in [0.15, 0.2) is 11.5 Å². The molecule has 10 heteroatoms. The van der Waals surface area contributed by atoms with Crippen LogP contribution in [-0.2, 0) is 20.1 Å². The van der Waals surface area contributed by atoms with E-state index >= 15 is 0 Å². The van der Waals surface area contributed by atoms with E-state index < -0.39 is 11.7 Å². The molecule has 4 aromatic rings. The Hall–Kier alpha value is -3.59. The summed E-state index contributed by atoms with van der Waals surface area (Å²) in [5.74, 6) is -0.255. The molecule has 8 nitrogen and oxygen atoms in total. The van der Waals surface area contributed by atoms with E-state index in [9.17, 15) is 9.18 Å². The second kappa shape index (κ2) is 8.42. The Morgan fingerprint density at radius 1 is 1.10 bits per heavy atom. The minimum Gasteiger partial charge on any atom is -0.364 e. The molecule has 2 N–H and O–H groups in total. The van der Waals surface area contributed by atoms with Crippen LogP contribution >= 0.6 is 11.6 Å². The number of nitrogens with one attached hydrogen (secondary N) is 2. The zero-order valence-electron chi connectivity index (χ0n) is 15.9. The van der Waals surface area contributed by atoms with Crippen molar-refractivity contribution in [1.82, 2.24) is 30.0 Å². The highest BCUT2D eigenvalue weighted by Gasteiger charge is 2.19. The van der Waals surface area contributed by atoms with Crippen LogP contribution in [0, 0.1) is 5.82 Å². The minimum absolute atomic E-state index is 0.000755. The highest BCUT2D eigenvalue weighted by Crippen LogP contribution is 2.23. The Labute approximate surface area is 176 Å². The summed E-state index contributed by atoms with van der Waals surface area (Å²) in [5.41, 5.74) is 2.79. The molecule has 152 valence electrons. The molecule has 0 bridgehead atoms. The Morgan fingerprint density at radius 2 is 1.90 bits per heavy atom. The standard InChI is InChI=1S/C20H17ClFN7O/c1-29-19(24-9-12-4-6-23-7-5-12)17-16(28-29)18(27-11-26-17)20(30)25-10-13-2-3-15(22)14(21)8-13/h2-8,11,24H,9-10H2,1H3,(H,25,30). The molecule has 0 aliphatic rings. The molecule has 0 fully saturated rings. The molecule has 0 spiro atoms. The van der Waals surface area contributed by atoms with Crippen molar-refractivity contribution < 1.29 is 9.18 Å². The third kappa shape index (κ3) is 4.06. The SMILES string of the molecule is Cn1nc2c(C(=O)NCc3ccc(F)c(Cl)c3)ncnc2c1NCc1ccncc1. The van der Waals surface area contributed by atoms with Gasteiger partial charge in [0.2, 0.25) is 0 Å². The number of rotatable bonds is 6. The predicted molar refractivity (Wildman–Crippen MR) is 110 cm³/mol. The molecule has 30 heavy (non-hydrogen) atoms. The molecule has 0 saturated heterocycles. The zero-order chi connectivity index (χ0) is 21.1. The van der Waals surface area contributed by atoms with E-state index in [1.807, 2.05) is 12.1 Å². The number of pyridine rings is 1. The Bertz CT molecular complexity index is 1210. The van der Waals surface area contributed by atoms with Crippen LogP contribution in [0.1, 0.15) is 21.6 Å². The number of carbonyl (C=O) groups is 1. The van der Waals surface area contributed by atoms with Crippen molar-refractivity contribution in [2.45, 2.75) is 13.1 Å². The Kier molecular flexibility index (Phi) is 5.53. The van der Waals surface area contributed by atoms with Crippen molar-refractivity contribution in [3.8, 4) is 0 Å². The lowest BCUT2D eigenvalue weighted by Gasteiger charge is -2.07. The molecular weight excluding hydrogens is 409 g/mol. The fourth-order valence-electron chi connectivity index (χ4n) is 2.97. The molecule has 0 radical (unpaired) electrons. The highest BCUT2D eigenvalue weighted by molar-refractivity contribution is 6.30. The Balaban J connectivity index is 1.54. The Morgan fingerprint density at radius 3 is 2.67 bits per heavy atom. The summed E-state index contributed by atoms with van der Waals surface area (Å²) in [7, 11) is 1.76. The normalized spacial score (nSPS) is 10.9. The summed E-state index contributed by atoms with van der Waals surface area (Å²) in [6.45, 7) is 0.721. The lowest BCUT2D eigenvalue weighted by Crippen LogP contribution is -2.24. The number of carbonyl (C=O) groups excluding carboxylic acids is 1. The summed E-state index contributed by atoms with van der Waals surface area (Å²) < 4.78 is 14.9. The smallest absolute Gasteiger partial charge is 0.272 e. The average molecular weight is 426 g/mol. The first-order chi connectivity index (χ1) is 14.5. The van der Waals surface area contributed by atoms with Gasteiger partial charge in [-0.25, -0.2) is 14.4 Å². The maximum atomic E-state index is 13.3. The number of hydrogen-bond acceptors (Lipinski definition) is 6. The van der Waals surface area contributed by atoms with Gasteiger partial charge in [0, 0.05) is 32.5 Å². The molecule has 0 unspecified atom stereocenters. The third-order valence-electron chi connectivity index (χ3n) is 4.48. The number of halogens is 2. The van der Waals surface area contributed by atoms with Crippen LogP contribution in [0.15, 0.2) is 49.1 Å². The van der Waals surface area contributed by atoms with Gasteiger partial charge < -0.3 is 10.6 Å². The van der Waals surface area contributed by atoms with Crippen LogP contribution in [0.2, 0.25) is 5.02 Å². The molecular formula is C20H17ClFN7O. The number of hydrogen-bond donors (Lipinski definition) is 2. The van der Waals surface area contributed by atoms with Crippen LogP contribution < -0.4 is 10.6 Å². The van der Waals surface area contributed by atoms with Gasteiger partial charge >= 0.3 is 0 Å². The van der Waals surface area contributed by atoms with Crippen molar-refractivity contribution in [1.29, 1.82) is 0 Å². The summed E-state index contributed by atoms with van der Waals surface area (Å²) >= 11 is 5.79. The van der Waals surface area contributed by atoms with Gasteiger partial charge in [-0.2, -0.15) is 5.10 Å². The second-order valence-corrected chi connectivity index (χ2v) is 6.94. The molecule has 0 atom stereocenters. The number of fused-ring (bicyclic) bond motifs is 1. The van der Waals surface area contributed by atoms with E-state index in [1.54, 1.807) is 30.2 Å². The summed E-state index contributed by atoms with van der Waals surface area (Å²) in [4.78, 5) is 25.1. The monoisotopic (exact) mass is 425 g/mol. The van der Waals surface area contributed by atoms with Crippen molar-refractivity contribution in [2.75, 3.05) is 5.32 Å². The predicted octanol–water partition coefficient (Wildman–Crippen LogP) is 3.09. The molecule has 0 aliphatic heterocycles. The minimum atomic E-state index is -0.510. The quantitative estimate of drug-likeness (QED) is 0.492. The van der Waals surface area contributed by atoms with Crippen LogP contribution in [-0.4, -0.2) is 30.6 Å². The van der Waals surface area contributed by atoms with Crippen LogP contribution in [0.25, 0.3) is 11.0 Å². The largest absolute Gasteiger partial charge is 0.364 e. The first-order valence-electron chi connectivity index (χ1n) is 9.05. The fourth-order valence-corrected chi connectivity index (χ4v) is 3.17. The summed E-state index contributed by atoms with van der Waals surface area (Å²) in [6.07, 6.45) is 4.76. The molecule has 1 amide bonds. The van der Waals surface area contributed by atoms with E-state index in [0.717, 1.165) is 5.56 Å². The highest BCUT2D eigenvalue weighted by atomic mass is 35.5. The van der Waals surface area contributed by atoms with E-state index in [-0.39, 0.29) is 17.3 Å². The number of amides is 1. The van der Waals surface area contributed by atoms with Crippen molar-refractivity contribution in [3.05, 3.63) is 76.7 Å². The third-order valence-corrected chi connectivity index (χ3v) is 4.77. The maximum Gasteiger partial charge on any atom is 0.272 e. The van der Waals surface area contributed by atoms with Crippen molar-refractivity contribution in [2.24, 2.45) is 7.05 Å². The lowest BCUT2D eigenvalue weighted by molar-refractivity contribution is 0.0947. The van der Waals surface area contributed by atoms with Crippen LogP contribution in [0.5, 0.6) is 0 Å². The van der Waals surface area contributed by atoms with Gasteiger partial charge in [-0.3, -0.25) is 14.5 Å². The summed E-state index contributed by atoms with van der Waals surface area (Å²) in [6, 6.07) is 8.09. The molecule has 4 rings (SSSR count). The summed E-state index contributed by atoms with van der Waals surface area (Å²) in [5, 5.41) is 10.5.